The minimum atomic E-state index is -3.57. The highest BCUT2D eigenvalue weighted by molar-refractivity contribution is 7.89. The van der Waals surface area contributed by atoms with Crippen molar-refractivity contribution in [3.8, 4) is 0 Å². The van der Waals surface area contributed by atoms with E-state index in [4.69, 9.17) is 4.42 Å². The monoisotopic (exact) mass is 310 g/mol. The van der Waals surface area contributed by atoms with Crippen LogP contribution in [0.3, 0.4) is 0 Å². The second-order valence-electron chi connectivity index (χ2n) is 4.46. The Bertz CT molecular complexity index is 667. The van der Waals surface area contributed by atoms with Crippen molar-refractivity contribution < 1.29 is 17.9 Å². The first-order chi connectivity index (χ1) is 10.1. The second kappa shape index (κ2) is 6.86. The van der Waals surface area contributed by atoms with Gasteiger partial charge in [-0.3, -0.25) is 0 Å². The first kappa shape index (κ1) is 15.7. The van der Waals surface area contributed by atoms with Gasteiger partial charge in [0.1, 0.15) is 5.76 Å². The SMILES string of the molecule is CNS(=O)(=O)c1ccc(CN[C@@H](CO)c2ccccc2)o1. The van der Waals surface area contributed by atoms with E-state index >= 15 is 0 Å². The Morgan fingerprint density at radius 1 is 1.19 bits per heavy atom. The maximum absolute atomic E-state index is 11.6. The summed E-state index contributed by atoms with van der Waals surface area (Å²) in [6.07, 6.45) is 0. The summed E-state index contributed by atoms with van der Waals surface area (Å²) in [6.45, 7) is 0.256. The molecule has 6 nitrogen and oxygen atoms in total. The van der Waals surface area contributed by atoms with Crippen LogP contribution in [-0.2, 0) is 16.6 Å². The number of benzene rings is 1. The van der Waals surface area contributed by atoms with E-state index in [9.17, 15) is 13.5 Å². The van der Waals surface area contributed by atoms with Crippen LogP contribution < -0.4 is 10.0 Å². The summed E-state index contributed by atoms with van der Waals surface area (Å²) in [4.78, 5) is 0. The molecule has 0 aliphatic heterocycles. The molecule has 0 radical (unpaired) electrons. The molecule has 1 aromatic carbocycles. The molecular formula is C14H18N2O4S. The summed E-state index contributed by atoms with van der Waals surface area (Å²) in [5.41, 5.74) is 0.953. The molecule has 3 N–H and O–H groups in total. The molecule has 2 aromatic rings. The number of aliphatic hydroxyl groups is 1. The molecule has 1 atom stereocenters. The highest BCUT2D eigenvalue weighted by atomic mass is 32.2. The molecular weight excluding hydrogens is 292 g/mol. The fourth-order valence-corrected chi connectivity index (χ4v) is 2.56. The van der Waals surface area contributed by atoms with Gasteiger partial charge >= 0.3 is 0 Å². The lowest BCUT2D eigenvalue weighted by atomic mass is 10.1. The highest BCUT2D eigenvalue weighted by Gasteiger charge is 2.17. The van der Waals surface area contributed by atoms with E-state index in [1.807, 2.05) is 30.3 Å². The Balaban J connectivity index is 2.03. The molecule has 0 bridgehead atoms. The van der Waals surface area contributed by atoms with Gasteiger partial charge in [-0.1, -0.05) is 30.3 Å². The number of nitrogens with one attached hydrogen (secondary N) is 2. The maximum Gasteiger partial charge on any atom is 0.273 e. The average Bonchev–Trinajstić information content (AvgIpc) is 2.99. The molecule has 0 aliphatic carbocycles. The van der Waals surface area contributed by atoms with Gasteiger partial charge in [0.15, 0.2) is 0 Å². The first-order valence-corrected chi connectivity index (χ1v) is 7.96. The van der Waals surface area contributed by atoms with Crippen LogP contribution in [-0.4, -0.2) is 27.2 Å². The van der Waals surface area contributed by atoms with E-state index in [1.165, 1.54) is 13.1 Å². The zero-order chi connectivity index (χ0) is 15.3. The fourth-order valence-electron chi connectivity index (χ4n) is 1.90. The molecule has 2 rings (SSSR count). The van der Waals surface area contributed by atoms with Crippen LogP contribution in [0, 0.1) is 0 Å². The van der Waals surface area contributed by atoms with Gasteiger partial charge in [-0.15, -0.1) is 0 Å². The van der Waals surface area contributed by atoms with Gasteiger partial charge in [0.2, 0.25) is 5.09 Å². The van der Waals surface area contributed by atoms with Crippen molar-refractivity contribution >= 4 is 10.0 Å². The van der Waals surface area contributed by atoms with Crippen molar-refractivity contribution in [2.24, 2.45) is 0 Å². The van der Waals surface area contributed by atoms with E-state index in [-0.39, 0.29) is 17.7 Å². The van der Waals surface area contributed by atoms with E-state index < -0.39 is 10.0 Å². The molecule has 0 spiro atoms. The lowest BCUT2D eigenvalue weighted by molar-refractivity contribution is 0.239. The summed E-state index contributed by atoms with van der Waals surface area (Å²) in [7, 11) is -2.24. The molecule has 1 aromatic heterocycles. The Kier molecular flexibility index (Phi) is 5.13. The third-order valence-corrected chi connectivity index (χ3v) is 4.36. The van der Waals surface area contributed by atoms with Crippen LogP contribution in [0.2, 0.25) is 0 Å². The fraction of sp³-hybridized carbons (Fsp3) is 0.286. The Morgan fingerprint density at radius 2 is 1.90 bits per heavy atom. The number of rotatable bonds is 7. The molecule has 0 unspecified atom stereocenters. The minimum absolute atomic E-state index is 0.0631. The molecule has 7 heteroatoms. The largest absolute Gasteiger partial charge is 0.447 e. The first-order valence-electron chi connectivity index (χ1n) is 6.48. The standard InChI is InChI=1S/C14H18N2O4S/c1-15-21(18,19)14-8-7-12(20-14)9-16-13(10-17)11-5-3-2-4-6-11/h2-8,13,15-17H,9-10H2,1H3/t13-/m0/s1. The predicted octanol–water partition coefficient (Wildman–Crippen LogP) is 1.01. The van der Waals surface area contributed by atoms with Gasteiger partial charge in [-0.2, -0.15) is 0 Å². The molecule has 21 heavy (non-hydrogen) atoms. The quantitative estimate of drug-likeness (QED) is 0.710. The zero-order valence-electron chi connectivity index (χ0n) is 11.6. The normalized spacial score (nSPS) is 13.2. The molecule has 114 valence electrons. The van der Waals surface area contributed by atoms with Crippen molar-refractivity contribution in [3.63, 3.8) is 0 Å². The van der Waals surface area contributed by atoms with Gasteiger partial charge in [-0.05, 0) is 24.7 Å². The molecule has 0 saturated carbocycles. The zero-order valence-corrected chi connectivity index (χ0v) is 12.4. The Hall–Kier alpha value is -1.67. The van der Waals surface area contributed by atoms with Gasteiger partial charge in [0.05, 0.1) is 19.2 Å². The summed E-state index contributed by atoms with van der Waals surface area (Å²) in [5, 5.41) is 12.4. The Labute approximate surface area is 123 Å². The van der Waals surface area contributed by atoms with Crippen molar-refractivity contribution in [2.75, 3.05) is 13.7 Å². The van der Waals surface area contributed by atoms with Gasteiger partial charge in [0, 0.05) is 0 Å². The van der Waals surface area contributed by atoms with Crippen LogP contribution in [0.25, 0.3) is 0 Å². The summed E-state index contributed by atoms with van der Waals surface area (Å²) in [6, 6.07) is 12.3. The van der Waals surface area contributed by atoms with Crippen molar-refractivity contribution in [1.29, 1.82) is 0 Å². The Morgan fingerprint density at radius 3 is 2.52 bits per heavy atom. The molecule has 0 saturated heterocycles. The van der Waals surface area contributed by atoms with Crippen molar-refractivity contribution in [3.05, 3.63) is 53.8 Å². The van der Waals surface area contributed by atoms with Gasteiger partial charge in [0.25, 0.3) is 10.0 Å². The number of sulfonamides is 1. The second-order valence-corrected chi connectivity index (χ2v) is 6.27. The smallest absolute Gasteiger partial charge is 0.273 e. The van der Waals surface area contributed by atoms with Gasteiger partial charge < -0.3 is 14.8 Å². The number of hydrogen-bond acceptors (Lipinski definition) is 5. The minimum Gasteiger partial charge on any atom is -0.447 e. The van der Waals surface area contributed by atoms with E-state index in [0.717, 1.165) is 5.56 Å². The van der Waals surface area contributed by atoms with E-state index in [1.54, 1.807) is 6.07 Å². The maximum atomic E-state index is 11.6. The number of aliphatic hydroxyl groups excluding tert-OH is 1. The summed E-state index contributed by atoms with van der Waals surface area (Å²) < 4.78 is 30.6. The average molecular weight is 310 g/mol. The van der Waals surface area contributed by atoms with Crippen LogP contribution in [0.5, 0.6) is 0 Å². The van der Waals surface area contributed by atoms with Crippen LogP contribution in [0.4, 0.5) is 0 Å². The molecule has 0 amide bonds. The summed E-state index contributed by atoms with van der Waals surface area (Å²) in [5.74, 6) is 0.484. The molecule has 0 fully saturated rings. The molecule has 0 aliphatic rings. The summed E-state index contributed by atoms with van der Waals surface area (Å²) >= 11 is 0. The predicted molar refractivity (Wildman–Crippen MR) is 78.1 cm³/mol. The van der Waals surface area contributed by atoms with E-state index in [2.05, 4.69) is 10.0 Å². The number of hydrogen-bond donors (Lipinski definition) is 3. The van der Waals surface area contributed by atoms with Crippen molar-refractivity contribution in [1.82, 2.24) is 10.0 Å². The lowest BCUT2D eigenvalue weighted by Crippen LogP contribution is -2.23. The number of furan rings is 1. The van der Waals surface area contributed by atoms with Crippen LogP contribution in [0.15, 0.2) is 52.0 Å². The van der Waals surface area contributed by atoms with Crippen LogP contribution >= 0.6 is 0 Å². The van der Waals surface area contributed by atoms with Crippen LogP contribution in [0.1, 0.15) is 17.4 Å². The third-order valence-electron chi connectivity index (χ3n) is 3.08. The molecule has 1 heterocycles. The lowest BCUT2D eigenvalue weighted by Gasteiger charge is -2.15. The highest BCUT2D eigenvalue weighted by Crippen LogP contribution is 2.16. The third kappa shape index (κ3) is 3.92. The van der Waals surface area contributed by atoms with Gasteiger partial charge in [-0.25, -0.2) is 13.1 Å². The van der Waals surface area contributed by atoms with Crippen molar-refractivity contribution in [2.45, 2.75) is 17.7 Å². The van der Waals surface area contributed by atoms with E-state index in [0.29, 0.717) is 12.3 Å². The topological polar surface area (TPSA) is 91.6 Å².